The number of fused-ring (bicyclic) bond motifs is 1. The summed E-state index contributed by atoms with van der Waals surface area (Å²) in [6.45, 7) is 7.24. The lowest BCUT2D eigenvalue weighted by molar-refractivity contribution is 0.0983. The number of nitrogens with zero attached hydrogens (tertiary/aromatic N) is 4. The van der Waals surface area contributed by atoms with Crippen LogP contribution in [0.4, 0.5) is 5.13 Å². The van der Waals surface area contributed by atoms with Crippen molar-refractivity contribution in [2.24, 2.45) is 0 Å². The van der Waals surface area contributed by atoms with Crippen LogP contribution in [0, 0.1) is 0 Å². The molecule has 9 heteroatoms. The molecule has 0 unspecified atom stereocenters. The minimum absolute atomic E-state index is 0.0888. The summed E-state index contributed by atoms with van der Waals surface area (Å²) in [5.41, 5.74) is 1.31. The van der Waals surface area contributed by atoms with Crippen molar-refractivity contribution < 1.29 is 13.2 Å². The van der Waals surface area contributed by atoms with Crippen LogP contribution in [0.15, 0.2) is 53.4 Å². The van der Waals surface area contributed by atoms with Crippen molar-refractivity contribution in [2.75, 3.05) is 38.1 Å². The highest BCUT2D eigenvalue weighted by Gasteiger charge is 2.35. The second-order valence-electron chi connectivity index (χ2n) is 8.22. The number of carbonyl (C=O) groups is 1. The fourth-order valence-electron chi connectivity index (χ4n) is 3.77. The van der Waals surface area contributed by atoms with Crippen LogP contribution in [0.5, 0.6) is 0 Å². The number of para-hydroxylation sites is 1. The molecule has 3 aromatic rings. The molecule has 0 saturated heterocycles. The van der Waals surface area contributed by atoms with Gasteiger partial charge in [0.1, 0.15) is 0 Å². The Morgan fingerprint density at radius 3 is 2.30 bits per heavy atom. The van der Waals surface area contributed by atoms with Crippen LogP contribution in [0.1, 0.15) is 37.0 Å². The van der Waals surface area contributed by atoms with Crippen LogP contribution in [0.2, 0.25) is 0 Å². The van der Waals surface area contributed by atoms with Crippen LogP contribution >= 0.6 is 11.3 Å². The van der Waals surface area contributed by atoms with E-state index >= 15 is 0 Å². The van der Waals surface area contributed by atoms with Gasteiger partial charge in [0.2, 0.25) is 10.0 Å². The van der Waals surface area contributed by atoms with Gasteiger partial charge in [0.15, 0.2) is 5.13 Å². The highest BCUT2D eigenvalue weighted by Crippen LogP contribution is 2.31. The molecule has 0 atom stereocenters. The number of carbonyl (C=O) groups excluding carboxylic acids is 1. The quantitative estimate of drug-likeness (QED) is 0.432. The molecule has 1 aromatic heterocycles. The third-order valence-electron chi connectivity index (χ3n) is 6.13. The van der Waals surface area contributed by atoms with E-state index in [1.54, 1.807) is 24.1 Å². The zero-order valence-electron chi connectivity index (χ0n) is 19.3. The van der Waals surface area contributed by atoms with Crippen LogP contribution in [0.25, 0.3) is 10.2 Å². The Morgan fingerprint density at radius 1 is 1.03 bits per heavy atom. The molecule has 1 amide bonds. The fraction of sp³-hybridized carbons (Fsp3) is 0.417. The third-order valence-corrected chi connectivity index (χ3v) is 9.12. The zero-order valence-corrected chi connectivity index (χ0v) is 20.9. The van der Waals surface area contributed by atoms with Gasteiger partial charge >= 0.3 is 0 Å². The van der Waals surface area contributed by atoms with Crippen molar-refractivity contribution in [1.82, 2.24) is 14.2 Å². The summed E-state index contributed by atoms with van der Waals surface area (Å²) in [6.07, 6.45) is 1.80. The van der Waals surface area contributed by atoms with E-state index < -0.39 is 10.0 Å². The van der Waals surface area contributed by atoms with E-state index in [-0.39, 0.29) is 16.8 Å². The molecule has 0 radical (unpaired) electrons. The Morgan fingerprint density at radius 2 is 1.70 bits per heavy atom. The second kappa shape index (κ2) is 9.89. The highest BCUT2D eigenvalue weighted by atomic mass is 32.2. The molecule has 1 heterocycles. The number of amides is 1. The Hall–Kier alpha value is -2.33. The van der Waals surface area contributed by atoms with Crippen LogP contribution < -0.4 is 4.90 Å². The van der Waals surface area contributed by atoms with Gasteiger partial charge in [0.25, 0.3) is 5.91 Å². The minimum atomic E-state index is -3.54. The number of aromatic nitrogens is 1. The standard InChI is InChI=1S/C24H30N4O3S2/c1-4-27(5-2)16-17-28(24-25-21-8-6-7-9-22(21)32-24)23(29)18-10-14-20(15-11-18)33(30,31)26(3)19-12-13-19/h6-11,14-15,19H,4-5,12-13,16-17H2,1-3H3. The number of thiazole rings is 1. The van der Waals surface area contributed by atoms with E-state index in [4.69, 9.17) is 4.98 Å². The molecule has 0 aliphatic heterocycles. The van der Waals surface area contributed by atoms with Gasteiger partial charge in [-0.2, -0.15) is 4.31 Å². The number of hydrogen-bond acceptors (Lipinski definition) is 6. The van der Waals surface area contributed by atoms with E-state index in [2.05, 4.69) is 18.7 Å². The molecule has 0 spiro atoms. The molecule has 176 valence electrons. The molecule has 33 heavy (non-hydrogen) atoms. The Kier molecular flexibility index (Phi) is 7.13. The molecule has 1 fully saturated rings. The number of benzene rings is 2. The first-order valence-corrected chi connectivity index (χ1v) is 13.6. The largest absolute Gasteiger partial charge is 0.302 e. The maximum absolute atomic E-state index is 13.5. The lowest BCUT2D eigenvalue weighted by Crippen LogP contribution is -2.38. The molecular weight excluding hydrogens is 456 g/mol. The van der Waals surface area contributed by atoms with Crippen molar-refractivity contribution in [3.8, 4) is 0 Å². The monoisotopic (exact) mass is 486 g/mol. The summed E-state index contributed by atoms with van der Waals surface area (Å²) in [5.74, 6) is -0.180. The summed E-state index contributed by atoms with van der Waals surface area (Å²) in [5, 5.41) is 0.651. The predicted molar refractivity (Wildman–Crippen MR) is 133 cm³/mol. The lowest BCUT2D eigenvalue weighted by Gasteiger charge is -2.25. The summed E-state index contributed by atoms with van der Waals surface area (Å²) >= 11 is 1.49. The summed E-state index contributed by atoms with van der Waals surface area (Å²) in [7, 11) is -1.93. The summed E-state index contributed by atoms with van der Waals surface area (Å²) in [6, 6.07) is 14.2. The predicted octanol–water partition coefficient (Wildman–Crippen LogP) is 4.07. The second-order valence-corrected chi connectivity index (χ2v) is 11.2. The van der Waals surface area contributed by atoms with Crippen molar-refractivity contribution in [2.45, 2.75) is 37.6 Å². The first-order chi connectivity index (χ1) is 15.8. The molecular formula is C24H30N4O3S2. The zero-order chi connectivity index (χ0) is 23.6. The molecule has 7 nitrogen and oxygen atoms in total. The van der Waals surface area contributed by atoms with Gasteiger partial charge in [0.05, 0.1) is 15.1 Å². The SMILES string of the molecule is CCN(CC)CCN(C(=O)c1ccc(S(=O)(=O)N(C)C2CC2)cc1)c1nc2ccccc2s1. The maximum Gasteiger partial charge on any atom is 0.260 e. The van der Waals surface area contributed by atoms with Crippen LogP contribution in [0.3, 0.4) is 0 Å². The molecule has 0 bridgehead atoms. The molecule has 1 saturated carbocycles. The third kappa shape index (κ3) is 5.11. The van der Waals surface area contributed by atoms with Crippen molar-refractivity contribution >= 4 is 42.6 Å². The Labute approximate surface area is 199 Å². The summed E-state index contributed by atoms with van der Waals surface area (Å²) in [4.78, 5) is 22.4. The number of likely N-dealkylation sites (N-methyl/N-ethyl adjacent to an activating group) is 1. The van der Waals surface area contributed by atoms with Gasteiger partial charge in [-0.3, -0.25) is 9.69 Å². The fourth-order valence-corrected chi connectivity index (χ4v) is 6.17. The van der Waals surface area contributed by atoms with Crippen molar-refractivity contribution in [3.63, 3.8) is 0 Å². The van der Waals surface area contributed by atoms with Gasteiger partial charge in [0, 0.05) is 31.7 Å². The normalized spacial score (nSPS) is 14.3. The molecule has 2 aromatic carbocycles. The van der Waals surface area contributed by atoms with E-state index in [0.29, 0.717) is 17.2 Å². The van der Waals surface area contributed by atoms with Crippen molar-refractivity contribution in [1.29, 1.82) is 0 Å². The lowest BCUT2D eigenvalue weighted by atomic mass is 10.2. The van der Waals surface area contributed by atoms with Gasteiger partial charge in [-0.15, -0.1) is 0 Å². The first kappa shape index (κ1) is 23.8. The number of rotatable bonds is 10. The Balaban J connectivity index is 1.61. The van der Waals surface area contributed by atoms with E-state index in [0.717, 1.165) is 42.7 Å². The smallest absolute Gasteiger partial charge is 0.260 e. The first-order valence-electron chi connectivity index (χ1n) is 11.3. The van der Waals surface area contributed by atoms with Gasteiger partial charge < -0.3 is 4.90 Å². The molecule has 1 aliphatic rings. The van der Waals surface area contributed by atoms with E-state index in [9.17, 15) is 13.2 Å². The topological polar surface area (TPSA) is 73.8 Å². The van der Waals surface area contributed by atoms with E-state index in [1.165, 1.54) is 27.8 Å². The van der Waals surface area contributed by atoms with Crippen molar-refractivity contribution in [3.05, 3.63) is 54.1 Å². The maximum atomic E-state index is 13.5. The van der Waals surface area contributed by atoms with Gasteiger partial charge in [-0.25, -0.2) is 13.4 Å². The van der Waals surface area contributed by atoms with Crippen LogP contribution in [-0.2, 0) is 10.0 Å². The molecule has 0 N–H and O–H groups in total. The molecule has 4 rings (SSSR count). The van der Waals surface area contributed by atoms with Crippen LogP contribution in [-0.4, -0.2) is 67.8 Å². The minimum Gasteiger partial charge on any atom is -0.302 e. The Bertz CT molecular complexity index is 1180. The highest BCUT2D eigenvalue weighted by molar-refractivity contribution is 7.89. The number of anilines is 1. The van der Waals surface area contributed by atoms with Gasteiger partial charge in [-0.1, -0.05) is 37.3 Å². The average Bonchev–Trinajstić information content (AvgIpc) is 3.59. The number of sulfonamides is 1. The average molecular weight is 487 g/mol. The molecule has 1 aliphatic carbocycles. The summed E-state index contributed by atoms with van der Waals surface area (Å²) < 4.78 is 28.1. The van der Waals surface area contributed by atoms with E-state index in [1.807, 2.05) is 24.3 Å². The van der Waals surface area contributed by atoms with Gasteiger partial charge in [-0.05, 0) is 62.3 Å². The number of hydrogen-bond donors (Lipinski definition) is 0.